The zero-order valence-corrected chi connectivity index (χ0v) is 33.1. The number of carbonyl (C=O) groups is 3. The molecule has 1 unspecified atom stereocenters. The fourth-order valence-electron chi connectivity index (χ4n) is 6.57. The monoisotopic (exact) mass is 714 g/mol. The molecule has 276 valence electrons. The molecule has 2 aliphatic heterocycles. The number of hydrogen-bond acceptors (Lipinski definition) is 6. The van der Waals surface area contributed by atoms with Crippen molar-refractivity contribution >= 4 is 31.7 Å². The minimum Gasteiger partial charge on any atom is -0.415 e. The summed E-state index contributed by atoms with van der Waals surface area (Å²) in [6, 6.07) is 15.6. The standard InChI is InChI=1S/C40H58N6O4Si/c1-9-11-20-43(21-12-10-2)39(49)35-23-29(3)46(42-35)36-18-17-32(44-22-19-41-26-37(44)47)25-34(36)38(48)45-27-31-16-14-13-15-30(31)24-33(45)28-50-51(7,8)40(4,5)6/h13-18,23,25,33,41H,9-12,19-22,24,26-28H2,1-8H3. The SMILES string of the molecule is CCCCN(CCCC)C(=O)c1cc(C)n(-c2ccc(N3CCNCC3=O)cc2C(=O)N2Cc3ccccc3CC2CO[Si](C)(C)C(C)(C)C)n1. The highest BCUT2D eigenvalue weighted by molar-refractivity contribution is 6.74. The van der Waals surface area contributed by atoms with Gasteiger partial charge < -0.3 is 24.4 Å². The maximum Gasteiger partial charge on any atom is 0.274 e. The summed E-state index contributed by atoms with van der Waals surface area (Å²) in [7, 11) is -2.11. The molecule has 1 fully saturated rings. The molecule has 0 spiro atoms. The molecule has 0 radical (unpaired) electrons. The summed E-state index contributed by atoms with van der Waals surface area (Å²) in [6.07, 6.45) is 4.55. The van der Waals surface area contributed by atoms with Crippen molar-refractivity contribution in [1.29, 1.82) is 0 Å². The molecule has 1 saturated heterocycles. The van der Waals surface area contributed by atoms with Gasteiger partial charge in [0.25, 0.3) is 11.8 Å². The minimum atomic E-state index is -2.11. The van der Waals surface area contributed by atoms with Gasteiger partial charge in [-0.05, 0) is 79.7 Å². The summed E-state index contributed by atoms with van der Waals surface area (Å²) in [5.74, 6) is -0.282. The number of anilines is 1. The fourth-order valence-corrected chi connectivity index (χ4v) is 7.62. The van der Waals surface area contributed by atoms with Crippen LogP contribution in [0.4, 0.5) is 5.69 Å². The molecule has 2 aromatic carbocycles. The Morgan fingerprint density at radius 3 is 2.35 bits per heavy atom. The number of fused-ring (bicyclic) bond motifs is 1. The summed E-state index contributed by atoms with van der Waals surface area (Å²) < 4.78 is 8.49. The van der Waals surface area contributed by atoms with Crippen molar-refractivity contribution in [3.05, 3.63) is 76.6 Å². The molecule has 11 heteroatoms. The first-order chi connectivity index (χ1) is 24.3. The first-order valence-electron chi connectivity index (χ1n) is 18.8. The molecule has 1 N–H and O–H groups in total. The van der Waals surface area contributed by atoms with E-state index in [1.807, 2.05) is 47.1 Å². The summed E-state index contributed by atoms with van der Waals surface area (Å²) in [5.41, 5.74) is 5.16. The molecule has 2 aliphatic rings. The van der Waals surface area contributed by atoms with Crippen LogP contribution in [0.1, 0.15) is 98.0 Å². The van der Waals surface area contributed by atoms with Gasteiger partial charge in [0.2, 0.25) is 5.91 Å². The zero-order chi connectivity index (χ0) is 36.9. The van der Waals surface area contributed by atoms with E-state index in [4.69, 9.17) is 9.52 Å². The van der Waals surface area contributed by atoms with Crippen LogP contribution in [0.3, 0.4) is 0 Å². The van der Waals surface area contributed by atoms with Crippen molar-refractivity contribution in [2.75, 3.05) is 44.2 Å². The van der Waals surface area contributed by atoms with Crippen molar-refractivity contribution in [3.63, 3.8) is 0 Å². The van der Waals surface area contributed by atoms with Crippen LogP contribution in [0.25, 0.3) is 5.69 Å². The number of carbonyl (C=O) groups excluding carboxylic acids is 3. The third kappa shape index (κ3) is 8.64. The number of nitrogens with one attached hydrogen (secondary N) is 1. The third-order valence-corrected chi connectivity index (χ3v) is 15.4. The Morgan fingerprint density at radius 1 is 1.02 bits per heavy atom. The number of nitrogens with zero attached hydrogens (tertiary/aromatic N) is 5. The molecule has 5 rings (SSSR count). The zero-order valence-electron chi connectivity index (χ0n) is 32.1. The van der Waals surface area contributed by atoms with E-state index in [9.17, 15) is 9.59 Å². The summed E-state index contributed by atoms with van der Waals surface area (Å²) in [6.45, 7) is 21.0. The van der Waals surface area contributed by atoms with Crippen LogP contribution < -0.4 is 10.2 Å². The molecule has 1 aromatic heterocycles. The second-order valence-corrected chi connectivity index (χ2v) is 20.4. The average molecular weight is 715 g/mol. The van der Waals surface area contributed by atoms with Crippen molar-refractivity contribution < 1.29 is 18.8 Å². The Labute approximate surface area is 305 Å². The van der Waals surface area contributed by atoms with Gasteiger partial charge in [-0.3, -0.25) is 14.4 Å². The number of aryl methyl sites for hydroxylation is 1. The highest BCUT2D eigenvalue weighted by Gasteiger charge is 2.40. The Bertz CT molecular complexity index is 1700. The van der Waals surface area contributed by atoms with E-state index in [0.717, 1.165) is 36.9 Å². The fraction of sp³-hybridized carbons (Fsp3) is 0.550. The van der Waals surface area contributed by atoms with Gasteiger partial charge in [0.05, 0.1) is 30.4 Å². The molecule has 1 atom stereocenters. The second-order valence-electron chi connectivity index (χ2n) is 15.6. The van der Waals surface area contributed by atoms with Crippen molar-refractivity contribution in [1.82, 2.24) is 24.9 Å². The molecule has 10 nitrogen and oxygen atoms in total. The topological polar surface area (TPSA) is 100 Å². The van der Waals surface area contributed by atoms with Gasteiger partial charge in [-0.2, -0.15) is 5.10 Å². The van der Waals surface area contributed by atoms with Crippen LogP contribution in [0.15, 0.2) is 48.5 Å². The van der Waals surface area contributed by atoms with Gasteiger partial charge in [0, 0.05) is 44.1 Å². The number of rotatable bonds is 13. The van der Waals surface area contributed by atoms with Gasteiger partial charge in [-0.15, -0.1) is 0 Å². The highest BCUT2D eigenvalue weighted by Crippen LogP contribution is 2.38. The Morgan fingerprint density at radius 2 is 1.71 bits per heavy atom. The summed E-state index contributed by atoms with van der Waals surface area (Å²) in [4.78, 5) is 47.5. The first kappa shape index (κ1) is 38.4. The summed E-state index contributed by atoms with van der Waals surface area (Å²) in [5, 5.41) is 8.03. The lowest BCUT2D eigenvalue weighted by Gasteiger charge is -2.41. The van der Waals surface area contributed by atoms with Crippen LogP contribution in [0.2, 0.25) is 18.1 Å². The Balaban J connectivity index is 1.57. The molecule has 3 heterocycles. The molecular weight excluding hydrogens is 657 g/mol. The van der Waals surface area contributed by atoms with Gasteiger partial charge in [0.15, 0.2) is 14.0 Å². The third-order valence-electron chi connectivity index (χ3n) is 10.9. The molecular formula is C40H58N6O4Si. The molecule has 3 aromatic rings. The lowest BCUT2D eigenvalue weighted by Crippen LogP contribution is -2.50. The highest BCUT2D eigenvalue weighted by atomic mass is 28.4. The Kier molecular flexibility index (Phi) is 12.2. The Hall–Kier alpha value is -3.80. The van der Waals surface area contributed by atoms with Crippen LogP contribution in [0.5, 0.6) is 0 Å². The first-order valence-corrected chi connectivity index (χ1v) is 21.7. The van der Waals surface area contributed by atoms with E-state index in [1.165, 1.54) is 5.56 Å². The maximum absolute atomic E-state index is 15.1. The van der Waals surface area contributed by atoms with E-state index in [-0.39, 0.29) is 35.3 Å². The molecule has 0 bridgehead atoms. The number of amides is 3. The van der Waals surface area contributed by atoms with Crippen LogP contribution in [-0.4, -0.2) is 91.0 Å². The lowest BCUT2D eigenvalue weighted by molar-refractivity contribution is -0.118. The smallest absolute Gasteiger partial charge is 0.274 e. The van der Waals surface area contributed by atoms with Crippen molar-refractivity contribution in [2.45, 2.75) is 104 Å². The number of benzene rings is 2. The van der Waals surface area contributed by atoms with Crippen LogP contribution in [-0.2, 0) is 22.2 Å². The number of unbranched alkanes of at least 4 members (excludes halogenated alkanes) is 2. The van der Waals surface area contributed by atoms with Gasteiger partial charge in [-0.25, -0.2) is 4.68 Å². The average Bonchev–Trinajstić information content (AvgIpc) is 3.50. The van der Waals surface area contributed by atoms with E-state index in [0.29, 0.717) is 68.4 Å². The largest absolute Gasteiger partial charge is 0.415 e. The quantitative estimate of drug-likeness (QED) is 0.197. The maximum atomic E-state index is 15.1. The van der Waals surface area contributed by atoms with Crippen molar-refractivity contribution in [3.8, 4) is 5.69 Å². The van der Waals surface area contributed by atoms with Crippen molar-refractivity contribution in [2.24, 2.45) is 0 Å². The predicted molar refractivity (Wildman–Crippen MR) is 206 cm³/mol. The molecule has 0 saturated carbocycles. The number of hydrogen-bond donors (Lipinski definition) is 1. The number of aromatic nitrogens is 2. The lowest BCUT2D eigenvalue weighted by atomic mass is 9.93. The minimum absolute atomic E-state index is 0.0289. The van der Waals surface area contributed by atoms with Crippen LogP contribution >= 0.6 is 0 Å². The van der Waals surface area contributed by atoms with Gasteiger partial charge in [-0.1, -0.05) is 71.7 Å². The number of piperazine rings is 1. The summed E-state index contributed by atoms with van der Waals surface area (Å²) >= 11 is 0. The normalized spacial score (nSPS) is 16.7. The molecule has 0 aliphatic carbocycles. The second kappa shape index (κ2) is 16.3. The van der Waals surface area contributed by atoms with E-state index in [2.05, 4.69) is 71.2 Å². The van der Waals surface area contributed by atoms with Crippen LogP contribution in [0, 0.1) is 6.92 Å². The molecule has 51 heavy (non-hydrogen) atoms. The van der Waals surface area contributed by atoms with E-state index >= 15 is 4.79 Å². The predicted octanol–water partition coefficient (Wildman–Crippen LogP) is 6.75. The molecule has 3 amide bonds. The van der Waals surface area contributed by atoms with Gasteiger partial charge >= 0.3 is 0 Å². The van der Waals surface area contributed by atoms with E-state index < -0.39 is 8.32 Å². The van der Waals surface area contributed by atoms with Gasteiger partial charge in [0.1, 0.15) is 0 Å². The van der Waals surface area contributed by atoms with E-state index in [1.54, 1.807) is 9.58 Å².